The van der Waals surface area contributed by atoms with Gasteiger partial charge in [-0.1, -0.05) is 24.3 Å². The van der Waals surface area contributed by atoms with E-state index in [0.29, 0.717) is 11.3 Å². The van der Waals surface area contributed by atoms with Crippen LogP contribution in [0, 0.1) is 12.7 Å². The van der Waals surface area contributed by atoms with Gasteiger partial charge in [0, 0.05) is 11.3 Å². The molecular weight excluding hydrogens is 189 g/mol. The van der Waals surface area contributed by atoms with Gasteiger partial charge >= 0.3 is 0 Å². The summed E-state index contributed by atoms with van der Waals surface area (Å²) in [7, 11) is 0. The Morgan fingerprint density at radius 3 is 2.47 bits per heavy atom. The molecule has 0 spiro atoms. The van der Waals surface area contributed by atoms with Gasteiger partial charge in [0.2, 0.25) is 0 Å². The highest BCUT2D eigenvalue weighted by atomic mass is 19.1. The second-order valence-electron chi connectivity index (χ2n) is 3.55. The van der Waals surface area contributed by atoms with Gasteiger partial charge in [-0.05, 0) is 36.2 Å². The molecule has 76 valence electrons. The third kappa shape index (κ3) is 1.84. The zero-order chi connectivity index (χ0) is 10.8. The number of halogens is 1. The van der Waals surface area contributed by atoms with E-state index in [1.54, 1.807) is 12.1 Å². The Bertz CT molecular complexity index is 492. The van der Waals surface area contributed by atoms with Crippen molar-refractivity contribution in [3.05, 3.63) is 53.8 Å². The molecule has 0 bridgehead atoms. The minimum atomic E-state index is -0.237. The highest BCUT2D eigenvalue weighted by molar-refractivity contribution is 5.70. The van der Waals surface area contributed by atoms with Crippen LogP contribution in [0.1, 0.15) is 5.56 Å². The van der Waals surface area contributed by atoms with Gasteiger partial charge in [0.15, 0.2) is 0 Å². The Morgan fingerprint density at radius 1 is 1.00 bits per heavy atom. The topological polar surface area (TPSA) is 26.0 Å². The smallest absolute Gasteiger partial charge is 0.131 e. The van der Waals surface area contributed by atoms with Gasteiger partial charge in [0.25, 0.3) is 0 Å². The lowest BCUT2D eigenvalue weighted by Crippen LogP contribution is -1.91. The maximum atomic E-state index is 13.6. The first-order valence-corrected chi connectivity index (χ1v) is 4.79. The second kappa shape index (κ2) is 3.73. The highest BCUT2D eigenvalue weighted by Gasteiger charge is 2.06. The van der Waals surface area contributed by atoms with E-state index in [-0.39, 0.29) is 5.82 Å². The van der Waals surface area contributed by atoms with Gasteiger partial charge in [0.05, 0.1) is 0 Å². The summed E-state index contributed by atoms with van der Waals surface area (Å²) in [6.07, 6.45) is 0. The molecule has 2 heteroatoms. The fraction of sp³-hybridized carbons (Fsp3) is 0.0769. The molecule has 0 aliphatic rings. The van der Waals surface area contributed by atoms with Crippen LogP contribution in [-0.4, -0.2) is 0 Å². The molecule has 0 saturated carbocycles. The second-order valence-corrected chi connectivity index (χ2v) is 3.55. The average Bonchev–Trinajstić information content (AvgIpc) is 2.23. The summed E-state index contributed by atoms with van der Waals surface area (Å²) >= 11 is 0. The fourth-order valence-corrected chi connectivity index (χ4v) is 1.62. The molecule has 0 aliphatic carbocycles. The Kier molecular flexibility index (Phi) is 2.42. The Morgan fingerprint density at radius 2 is 1.73 bits per heavy atom. The van der Waals surface area contributed by atoms with Gasteiger partial charge in [-0.2, -0.15) is 0 Å². The number of aryl methyl sites for hydroxylation is 1. The molecule has 2 aromatic carbocycles. The van der Waals surface area contributed by atoms with E-state index in [1.165, 1.54) is 6.07 Å². The van der Waals surface area contributed by atoms with E-state index < -0.39 is 0 Å². The number of nitrogens with two attached hydrogens (primary N) is 1. The largest absolute Gasteiger partial charge is 0.399 e. The van der Waals surface area contributed by atoms with Crippen LogP contribution < -0.4 is 5.73 Å². The average molecular weight is 201 g/mol. The van der Waals surface area contributed by atoms with Crippen LogP contribution in [0.3, 0.4) is 0 Å². The number of nitrogen functional groups attached to an aromatic ring is 1. The summed E-state index contributed by atoms with van der Waals surface area (Å²) in [6.45, 7) is 1.96. The fourth-order valence-electron chi connectivity index (χ4n) is 1.62. The molecule has 0 fully saturated rings. The summed E-state index contributed by atoms with van der Waals surface area (Å²) in [5.74, 6) is -0.237. The summed E-state index contributed by atoms with van der Waals surface area (Å²) in [4.78, 5) is 0. The molecule has 0 saturated heterocycles. The molecule has 0 unspecified atom stereocenters. The van der Waals surface area contributed by atoms with Gasteiger partial charge < -0.3 is 5.73 Å². The van der Waals surface area contributed by atoms with Crippen molar-refractivity contribution in [3.8, 4) is 11.1 Å². The maximum Gasteiger partial charge on any atom is 0.131 e. The van der Waals surface area contributed by atoms with E-state index in [2.05, 4.69) is 0 Å². The Balaban J connectivity index is 2.64. The third-order valence-electron chi connectivity index (χ3n) is 2.43. The van der Waals surface area contributed by atoms with E-state index in [0.717, 1.165) is 11.1 Å². The van der Waals surface area contributed by atoms with Crippen LogP contribution in [0.15, 0.2) is 42.5 Å². The number of rotatable bonds is 1. The molecule has 0 amide bonds. The molecular formula is C13H12FN. The van der Waals surface area contributed by atoms with Crippen LogP contribution in [0.5, 0.6) is 0 Å². The van der Waals surface area contributed by atoms with Crippen molar-refractivity contribution in [2.75, 3.05) is 5.73 Å². The summed E-state index contributed by atoms with van der Waals surface area (Å²) in [5, 5.41) is 0. The van der Waals surface area contributed by atoms with Crippen LogP contribution >= 0.6 is 0 Å². The third-order valence-corrected chi connectivity index (χ3v) is 2.43. The number of anilines is 1. The van der Waals surface area contributed by atoms with E-state index in [4.69, 9.17) is 5.73 Å². The lowest BCUT2D eigenvalue weighted by Gasteiger charge is -2.07. The van der Waals surface area contributed by atoms with E-state index in [1.807, 2.05) is 31.2 Å². The number of benzene rings is 2. The van der Waals surface area contributed by atoms with Crippen molar-refractivity contribution in [1.29, 1.82) is 0 Å². The minimum Gasteiger partial charge on any atom is -0.399 e. The van der Waals surface area contributed by atoms with Crippen molar-refractivity contribution in [2.24, 2.45) is 0 Å². The SMILES string of the molecule is Cc1ccccc1-c1cc(N)ccc1F. The molecule has 15 heavy (non-hydrogen) atoms. The monoisotopic (exact) mass is 201 g/mol. The quantitative estimate of drug-likeness (QED) is 0.703. The molecule has 0 aromatic heterocycles. The standard InChI is InChI=1S/C13H12FN/c1-9-4-2-3-5-11(9)12-8-10(15)6-7-13(12)14/h2-8H,15H2,1H3. The first-order valence-electron chi connectivity index (χ1n) is 4.79. The van der Waals surface area contributed by atoms with Crippen LogP contribution in [-0.2, 0) is 0 Å². The Labute approximate surface area is 88.4 Å². The molecule has 2 rings (SSSR count). The lowest BCUT2D eigenvalue weighted by atomic mass is 10.00. The maximum absolute atomic E-state index is 13.6. The van der Waals surface area contributed by atoms with Crippen LogP contribution in [0.2, 0.25) is 0 Å². The lowest BCUT2D eigenvalue weighted by molar-refractivity contribution is 0.631. The van der Waals surface area contributed by atoms with Gasteiger partial charge in [-0.3, -0.25) is 0 Å². The highest BCUT2D eigenvalue weighted by Crippen LogP contribution is 2.27. The summed E-state index contributed by atoms with van der Waals surface area (Å²) in [5.41, 5.74) is 8.72. The molecule has 0 heterocycles. The summed E-state index contributed by atoms with van der Waals surface area (Å²) < 4.78 is 13.6. The predicted octanol–water partition coefficient (Wildman–Crippen LogP) is 3.38. The van der Waals surface area contributed by atoms with Crippen molar-refractivity contribution in [2.45, 2.75) is 6.92 Å². The zero-order valence-electron chi connectivity index (χ0n) is 8.50. The first-order chi connectivity index (χ1) is 7.18. The molecule has 0 atom stereocenters. The van der Waals surface area contributed by atoms with Gasteiger partial charge in [0.1, 0.15) is 5.82 Å². The van der Waals surface area contributed by atoms with Crippen LogP contribution in [0.4, 0.5) is 10.1 Å². The molecule has 1 nitrogen and oxygen atoms in total. The van der Waals surface area contributed by atoms with Crippen molar-refractivity contribution in [1.82, 2.24) is 0 Å². The zero-order valence-corrected chi connectivity index (χ0v) is 8.50. The van der Waals surface area contributed by atoms with Crippen molar-refractivity contribution in [3.63, 3.8) is 0 Å². The van der Waals surface area contributed by atoms with Crippen molar-refractivity contribution >= 4 is 5.69 Å². The van der Waals surface area contributed by atoms with E-state index >= 15 is 0 Å². The van der Waals surface area contributed by atoms with Gasteiger partial charge in [-0.25, -0.2) is 4.39 Å². The molecule has 2 N–H and O–H groups in total. The Hall–Kier alpha value is -1.83. The van der Waals surface area contributed by atoms with Crippen molar-refractivity contribution < 1.29 is 4.39 Å². The first kappa shape index (κ1) is 9.71. The molecule has 0 aliphatic heterocycles. The normalized spacial score (nSPS) is 10.3. The van der Waals surface area contributed by atoms with Crippen LogP contribution in [0.25, 0.3) is 11.1 Å². The summed E-state index contributed by atoms with van der Waals surface area (Å²) in [6, 6.07) is 12.3. The number of hydrogen-bond donors (Lipinski definition) is 1. The molecule has 2 aromatic rings. The minimum absolute atomic E-state index is 0.237. The number of hydrogen-bond acceptors (Lipinski definition) is 1. The van der Waals surface area contributed by atoms with E-state index in [9.17, 15) is 4.39 Å². The molecule has 0 radical (unpaired) electrons. The van der Waals surface area contributed by atoms with Gasteiger partial charge in [-0.15, -0.1) is 0 Å². The predicted molar refractivity (Wildman–Crippen MR) is 61.0 cm³/mol.